The monoisotopic (exact) mass is 397 g/mol. The van der Waals surface area contributed by atoms with E-state index in [1.807, 2.05) is 57.8 Å². The van der Waals surface area contributed by atoms with Crippen LogP contribution >= 0.6 is 15.9 Å². The lowest BCUT2D eigenvalue weighted by Crippen LogP contribution is -2.27. The minimum absolute atomic E-state index is 0.473. The molecule has 24 heavy (non-hydrogen) atoms. The highest BCUT2D eigenvalue weighted by Crippen LogP contribution is 2.23. The maximum Gasteiger partial charge on any atom is 0.412 e. The molecule has 2 aromatic heterocycles. The fourth-order valence-corrected chi connectivity index (χ4v) is 2.64. The van der Waals surface area contributed by atoms with E-state index in [4.69, 9.17) is 4.74 Å². The van der Waals surface area contributed by atoms with Gasteiger partial charge in [0, 0.05) is 0 Å². The summed E-state index contributed by atoms with van der Waals surface area (Å²) in [4.78, 5) is 12.0. The largest absolute Gasteiger partial charge is 0.444 e. The van der Waals surface area contributed by atoms with E-state index in [0.29, 0.717) is 12.4 Å². The Morgan fingerprint density at radius 1 is 1.08 bits per heavy atom. The van der Waals surface area contributed by atoms with Crippen molar-refractivity contribution in [3.8, 4) is 0 Å². The van der Waals surface area contributed by atoms with E-state index in [0.717, 1.165) is 27.2 Å². The van der Waals surface area contributed by atoms with Crippen molar-refractivity contribution in [1.29, 1.82) is 0 Å². The van der Waals surface area contributed by atoms with Crippen molar-refractivity contribution in [2.45, 2.75) is 60.7 Å². The summed E-state index contributed by atoms with van der Waals surface area (Å²) in [5.74, 6) is 0. The quantitative estimate of drug-likeness (QED) is 0.850. The molecule has 7 nitrogen and oxygen atoms in total. The maximum atomic E-state index is 12.0. The van der Waals surface area contributed by atoms with Gasteiger partial charge in [-0.05, 0) is 64.4 Å². The fraction of sp³-hybridized carbons (Fsp3) is 0.562. The van der Waals surface area contributed by atoms with Crippen LogP contribution in [0.4, 0.5) is 10.5 Å². The van der Waals surface area contributed by atoms with Crippen molar-refractivity contribution in [2.75, 3.05) is 5.32 Å². The zero-order valence-corrected chi connectivity index (χ0v) is 16.8. The Balaban J connectivity index is 2.22. The van der Waals surface area contributed by atoms with Crippen molar-refractivity contribution in [1.82, 2.24) is 19.6 Å². The van der Waals surface area contributed by atoms with Crippen LogP contribution < -0.4 is 5.32 Å². The predicted molar refractivity (Wildman–Crippen MR) is 96.4 cm³/mol. The van der Waals surface area contributed by atoms with E-state index in [9.17, 15) is 4.79 Å². The number of rotatable bonds is 3. The molecule has 1 amide bonds. The third-order valence-corrected chi connectivity index (χ3v) is 4.72. The van der Waals surface area contributed by atoms with Gasteiger partial charge in [-0.3, -0.25) is 5.32 Å². The lowest BCUT2D eigenvalue weighted by atomic mass is 10.2. The van der Waals surface area contributed by atoms with Gasteiger partial charge in [-0.15, -0.1) is 0 Å². The van der Waals surface area contributed by atoms with Gasteiger partial charge in [0.2, 0.25) is 0 Å². The first-order chi connectivity index (χ1) is 11.0. The molecule has 0 saturated carbocycles. The number of aryl methyl sites for hydroxylation is 2. The molecule has 2 rings (SSSR count). The predicted octanol–water partition coefficient (Wildman–Crippen LogP) is 3.93. The first kappa shape index (κ1) is 18.5. The second-order valence-electron chi connectivity index (χ2n) is 6.80. The van der Waals surface area contributed by atoms with Gasteiger partial charge in [0.1, 0.15) is 12.3 Å². The van der Waals surface area contributed by atoms with Crippen molar-refractivity contribution in [3.05, 3.63) is 27.2 Å². The number of nitrogens with one attached hydrogen (secondary N) is 1. The second kappa shape index (κ2) is 6.58. The average Bonchev–Trinajstić information content (AvgIpc) is 2.83. The van der Waals surface area contributed by atoms with Crippen molar-refractivity contribution < 1.29 is 9.53 Å². The summed E-state index contributed by atoms with van der Waals surface area (Å²) in [5, 5.41) is 11.8. The maximum absolute atomic E-state index is 12.0. The van der Waals surface area contributed by atoms with Crippen LogP contribution in [0.15, 0.2) is 4.47 Å². The number of carbonyl (C=O) groups excluding carboxylic acids is 1. The number of hydrogen-bond acceptors (Lipinski definition) is 4. The summed E-state index contributed by atoms with van der Waals surface area (Å²) in [7, 11) is 0. The van der Waals surface area contributed by atoms with Gasteiger partial charge >= 0.3 is 6.09 Å². The minimum Gasteiger partial charge on any atom is -0.444 e. The Bertz CT molecular complexity index is 771. The lowest BCUT2D eigenvalue weighted by molar-refractivity contribution is 0.0635. The van der Waals surface area contributed by atoms with Gasteiger partial charge in [0.25, 0.3) is 0 Å². The van der Waals surface area contributed by atoms with E-state index in [1.54, 1.807) is 0 Å². The molecule has 0 fully saturated rings. The van der Waals surface area contributed by atoms with Gasteiger partial charge in [-0.1, -0.05) is 0 Å². The van der Waals surface area contributed by atoms with Crippen LogP contribution in [-0.4, -0.2) is 31.3 Å². The molecule has 8 heteroatoms. The summed E-state index contributed by atoms with van der Waals surface area (Å²) in [5.41, 5.74) is 3.67. The average molecular weight is 398 g/mol. The number of ether oxygens (including phenoxy) is 1. The molecule has 2 heterocycles. The molecule has 0 aliphatic heterocycles. The number of nitrogens with zero attached hydrogens (tertiary/aromatic N) is 4. The molecule has 2 aromatic rings. The normalized spacial score (nSPS) is 11.7. The third-order valence-electron chi connectivity index (χ3n) is 3.57. The van der Waals surface area contributed by atoms with Crippen molar-refractivity contribution in [3.63, 3.8) is 0 Å². The Morgan fingerprint density at radius 2 is 1.62 bits per heavy atom. The van der Waals surface area contributed by atoms with Gasteiger partial charge in [-0.25, -0.2) is 14.2 Å². The van der Waals surface area contributed by atoms with Crippen LogP contribution in [0.2, 0.25) is 0 Å². The molecule has 0 spiro atoms. The number of halogens is 1. The molecular formula is C16H24BrN5O2. The van der Waals surface area contributed by atoms with Crippen LogP contribution in [0.5, 0.6) is 0 Å². The molecule has 1 N–H and O–H groups in total. The third kappa shape index (κ3) is 3.98. The summed E-state index contributed by atoms with van der Waals surface area (Å²) < 4.78 is 9.99. The number of anilines is 1. The first-order valence-corrected chi connectivity index (χ1v) is 8.52. The van der Waals surface area contributed by atoms with Crippen molar-refractivity contribution in [2.24, 2.45) is 0 Å². The summed E-state index contributed by atoms with van der Waals surface area (Å²) in [6.45, 7) is 13.7. The highest BCUT2D eigenvalue weighted by atomic mass is 79.9. The highest BCUT2D eigenvalue weighted by molar-refractivity contribution is 9.10. The number of carbonyl (C=O) groups is 1. The highest BCUT2D eigenvalue weighted by Gasteiger charge is 2.20. The topological polar surface area (TPSA) is 74.0 Å². The Labute approximate surface area is 150 Å². The first-order valence-electron chi connectivity index (χ1n) is 7.73. The molecular weight excluding hydrogens is 374 g/mol. The summed E-state index contributed by atoms with van der Waals surface area (Å²) in [6, 6.07) is 0. The minimum atomic E-state index is -0.544. The molecule has 0 saturated heterocycles. The smallest absolute Gasteiger partial charge is 0.412 e. The zero-order valence-electron chi connectivity index (χ0n) is 15.2. The van der Waals surface area contributed by atoms with Gasteiger partial charge in [0.05, 0.1) is 32.9 Å². The molecule has 0 atom stereocenters. The van der Waals surface area contributed by atoms with E-state index < -0.39 is 11.7 Å². The van der Waals surface area contributed by atoms with E-state index in [1.165, 1.54) is 0 Å². The molecule has 0 bridgehead atoms. The van der Waals surface area contributed by atoms with Crippen LogP contribution in [0, 0.1) is 27.7 Å². The number of hydrogen-bond donors (Lipinski definition) is 1. The molecule has 0 aromatic carbocycles. The standard InChI is InChI=1S/C16H24BrN5O2/c1-9-13(17)11(3)21(19-9)8-22-12(4)14(10(2)20-22)18-15(23)24-16(5,6)7/h8H2,1-7H3,(H,18,23). The number of aromatic nitrogens is 4. The van der Waals surface area contributed by atoms with Gasteiger partial charge in [0.15, 0.2) is 0 Å². The molecule has 0 unspecified atom stereocenters. The second-order valence-corrected chi connectivity index (χ2v) is 7.59. The molecule has 0 radical (unpaired) electrons. The van der Waals surface area contributed by atoms with Gasteiger partial charge < -0.3 is 4.74 Å². The van der Waals surface area contributed by atoms with E-state index in [-0.39, 0.29) is 0 Å². The number of amides is 1. The Hall–Kier alpha value is -1.83. The Kier molecular flexibility index (Phi) is 5.08. The van der Waals surface area contributed by atoms with E-state index in [2.05, 4.69) is 31.4 Å². The summed E-state index contributed by atoms with van der Waals surface area (Å²) >= 11 is 3.53. The van der Waals surface area contributed by atoms with Crippen LogP contribution in [0.25, 0.3) is 0 Å². The Morgan fingerprint density at radius 3 is 2.12 bits per heavy atom. The fourth-order valence-electron chi connectivity index (χ4n) is 2.36. The lowest BCUT2D eigenvalue weighted by Gasteiger charge is -2.19. The van der Waals surface area contributed by atoms with E-state index >= 15 is 0 Å². The molecule has 132 valence electrons. The molecule has 0 aliphatic rings. The van der Waals surface area contributed by atoms with Crippen LogP contribution in [0.3, 0.4) is 0 Å². The van der Waals surface area contributed by atoms with Crippen LogP contribution in [-0.2, 0) is 11.4 Å². The zero-order chi connectivity index (χ0) is 18.2. The SMILES string of the molecule is Cc1nn(Cn2nc(C)c(NC(=O)OC(C)(C)C)c2C)c(C)c1Br. The van der Waals surface area contributed by atoms with Crippen LogP contribution in [0.1, 0.15) is 43.5 Å². The summed E-state index contributed by atoms with van der Waals surface area (Å²) in [6.07, 6.45) is -0.484. The van der Waals surface area contributed by atoms with Crippen molar-refractivity contribution >= 4 is 27.7 Å². The molecule has 0 aliphatic carbocycles. The van der Waals surface area contributed by atoms with Gasteiger partial charge in [-0.2, -0.15) is 10.2 Å².